The third kappa shape index (κ3) is 11.5. The summed E-state index contributed by atoms with van der Waals surface area (Å²) in [5.41, 5.74) is 9.87. The Morgan fingerprint density at radius 3 is 2.17 bits per heavy atom. The number of rotatable bonds is 19. The first-order valence-electron chi connectivity index (χ1n) is 15.2. The average Bonchev–Trinajstić information content (AvgIpc) is 2.96. The highest BCUT2D eigenvalue weighted by Gasteiger charge is 2.29. The largest absolute Gasteiger partial charge is 0.493 e. The smallest absolute Gasteiger partial charge is 0.223 e. The molecule has 42 heavy (non-hydrogen) atoms. The predicted octanol–water partition coefficient (Wildman–Crippen LogP) is 5.05. The molecule has 0 aromatic heterocycles. The van der Waals surface area contributed by atoms with E-state index in [0.717, 1.165) is 35.4 Å². The Morgan fingerprint density at radius 1 is 0.929 bits per heavy atom. The number of carbonyl (C=O) groups is 1. The van der Waals surface area contributed by atoms with Gasteiger partial charge in [-0.2, -0.15) is 0 Å². The standard InChI is InChI=1S/C34H55N3O5/c1-23(2)27(18-26-12-15-32(41-8)33(19-26)42-17-9-16-40-7)20-30(35)31(38)21-29(24(3)4)34(39)36-22-25-10-13-28(14-11-25)37(5)6/h10-15,19,23-24,27,29-31,38H,9,16-18,20-22,35H2,1-8H3,(H,36,39)/t27-,29-,30-,31-/m0/s1. The van der Waals surface area contributed by atoms with Crippen LogP contribution in [0.2, 0.25) is 0 Å². The molecular formula is C34H55N3O5. The van der Waals surface area contributed by atoms with Crippen LogP contribution >= 0.6 is 0 Å². The Balaban J connectivity index is 2.00. The van der Waals surface area contributed by atoms with E-state index in [0.29, 0.717) is 44.3 Å². The van der Waals surface area contributed by atoms with Crippen molar-refractivity contribution in [3.63, 3.8) is 0 Å². The molecule has 8 nitrogen and oxygen atoms in total. The maximum absolute atomic E-state index is 13.2. The zero-order valence-corrected chi connectivity index (χ0v) is 27.1. The molecule has 2 rings (SSSR count). The molecule has 2 aromatic rings. The minimum atomic E-state index is -0.778. The van der Waals surface area contributed by atoms with Gasteiger partial charge in [-0.05, 0) is 72.4 Å². The lowest BCUT2D eigenvalue weighted by molar-refractivity contribution is -0.127. The van der Waals surface area contributed by atoms with Crippen molar-refractivity contribution in [3.05, 3.63) is 53.6 Å². The van der Waals surface area contributed by atoms with Crippen LogP contribution in [0.4, 0.5) is 5.69 Å². The van der Waals surface area contributed by atoms with E-state index >= 15 is 0 Å². The van der Waals surface area contributed by atoms with Gasteiger partial charge >= 0.3 is 0 Å². The van der Waals surface area contributed by atoms with Crippen molar-refractivity contribution in [1.29, 1.82) is 0 Å². The lowest BCUT2D eigenvalue weighted by Gasteiger charge is -2.30. The van der Waals surface area contributed by atoms with Gasteiger partial charge in [-0.25, -0.2) is 0 Å². The van der Waals surface area contributed by atoms with Gasteiger partial charge < -0.3 is 35.3 Å². The first-order chi connectivity index (χ1) is 20.0. The molecule has 0 bridgehead atoms. The van der Waals surface area contributed by atoms with Gasteiger partial charge in [-0.3, -0.25) is 4.79 Å². The summed E-state index contributed by atoms with van der Waals surface area (Å²) in [5.74, 6) is 1.73. The van der Waals surface area contributed by atoms with Crippen LogP contribution in [0.3, 0.4) is 0 Å². The second-order valence-corrected chi connectivity index (χ2v) is 12.2. The lowest BCUT2D eigenvalue weighted by Crippen LogP contribution is -2.42. The van der Waals surface area contributed by atoms with E-state index < -0.39 is 12.1 Å². The van der Waals surface area contributed by atoms with Gasteiger partial charge in [0.1, 0.15) is 0 Å². The highest BCUT2D eigenvalue weighted by atomic mass is 16.5. The Morgan fingerprint density at radius 2 is 1.60 bits per heavy atom. The fourth-order valence-electron chi connectivity index (χ4n) is 5.10. The summed E-state index contributed by atoms with van der Waals surface area (Å²) in [5, 5.41) is 14.2. The molecule has 0 aliphatic heterocycles. The number of hydrogen-bond donors (Lipinski definition) is 3. The summed E-state index contributed by atoms with van der Waals surface area (Å²) in [6.45, 7) is 10.0. The molecule has 0 saturated heterocycles. The quantitative estimate of drug-likeness (QED) is 0.198. The number of benzene rings is 2. The Labute approximate surface area is 253 Å². The first-order valence-corrected chi connectivity index (χ1v) is 15.2. The number of nitrogens with zero attached hydrogens (tertiary/aromatic N) is 1. The summed E-state index contributed by atoms with van der Waals surface area (Å²) in [4.78, 5) is 15.2. The number of amides is 1. The second-order valence-electron chi connectivity index (χ2n) is 12.2. The van der Waals surface area contributed by atoms with Gasteiger partial charge in [0.15, 0.2) is 11.5 Å². The van der Waals surface area contributed by atoms with Crippen molar-refractivity contribution >= 4 is 11.6 Å². The number of hydrogen-bond acceptors (Lipinski definition) is 7. The van der Waals surface area contributed by atoms with Gasteiger partial charge in [0, 0.05) is 58.4 Å². The van der Waals surface area contributed by atoms with Crippen molar-refractivity contribution in [3.8, 4) is 11.5 Å². The molecule has 236 valence electrons. The summed E-state index contributed by atoms with van der Waals surface area (Å²) in [6.07, 6.45) is 1.80. The molecule has 0 aliphatic rings. The normalized spacial score (nSPS) is 14.4. The van der Waals surface area contributed by atoms with Gasteiger partial charge in [-0.15, -0.1) is 0 Å². The lowest BCUT2D eigenvalue weighted by atomic mass is 9.81. The second kappa shape index (κ2) is 18.0. The number of nitrogens with two attached hydrogens (primary N) is 1. The van der Waals surface area contributed by atoms with Crippen LogP contribution in [-0.2, 0) is 22.5 Å². The van der Waals surface area contributed by atoms with Crippen LogP contribution in [-0.4, -0.2) is 64.7 Å². The minimum Gasteiger partial charge on any atom is -0.493 e. The van der Waals surface area contributed by atoms with Crippen molar-refractivity contribution in [2.75, 3.05) is 46.4 Å². The zero-order valence-electron chi connectivity index (χ0n) is 27.1. The molecule has 4 N–H and O–H groups in total. The number of nitrogens with one attached hydrogen (secondary N) is 1. The summed E-state index contributed by atoms with van der Waals surface area (Å²) in [6, 6.07) is 13.7. The maximum Gasteiger partial charge on any atom is 0.223 e. The topological polar surface area (TPSA) is 106 Å². The van der Waals surface area contributed by atoms with E-state index in [4.69, 9.17) is 19.9 Å². The number of methoxy groups -OCH3 is 2. The van der Waals surface area contributed by atoms with E-state index in [1.54, 1.807) is 14.2 Å². The number of aliphatic hydroxyl groups is 1. The van der Waals surface area contributed by atoms with E-state index in [-0.39, 0.29) is 23.7 Å². The summed E-state index contributed by atoms with van der Waals surface area (Å²) in [7, 11) is 7.32. The van der Waals surface area contributed by atoms with Crippen molar-refractivity contribution in [2.45, 2.75) is 72.1 Å². The SMILES string of the molecule is COCCCOc1cc(C[C@@H](C[C@H](N)[C@@H](O)C[C@H](C(=O)NCc2ccc(N(C)C)cc2)C(C)C)C(C)C)ccc1OC. The molecule has 0 radical (unpaired) electrons. The maximum atomic E-state index is 13.2. The van der Waals surface area contributed by atoms with Crippen LogP contribution in [0, 0.1) is 23.7 Å². The fourth-order valence-corrected chi connectivity index (χ4v) is 5.10. The molecule has 0 fully saturated rings. The van der Waals surface area contributed by atoms with Crippen molar-refractivity contribution in [1.82, 2.24) is 5.32 Å². The van der Waals surface area contributed by atoms with Gasteiger partial charge in [0.25, 0.3) is 0 Å². The van der Waals surface area contributed by atoms with Crippen LogP contribution in [0.15, 0.2) is 42.5 Å². The molecular weight excluding hydrogens is 530 g/mol. The van der Waals surface area contributed by atoms with E-state index in [1.165, 1.54) is 0 Å². The molecule has 8 heteroatoms. The van der Waals surface area contributed by atoms with E-state index in [1.807, 2.05) is 69.2 Å². The van der Waals surface area contributed by atoms with Crippen LogP contribution in [0.5, 0.6) is 11.5 Å². The molecule has 0 aliphatic carbocycles. The van der Waals surface area contributed by atoms with E-state index in [2.05, 4.69) is 25.2 Å². The summed E-state index contributed by atoms with van der Waals surface area (Å²) >= 11 is 0. The predicted molar refractivity (Wildman–Crippen MR) is 171 cm³/mol. The number of ether oxygens (including phenoxy) is 3. The van der Waals surface area contributed by atoms with Gasteiger partial charge in [0.2, 0.25) is 5.91 Å². The molecule has 2 aromatic carbocycles. The van der Waals surface area contributed by atoms with Crippen LogP contribution in [0.1, 0.15) is 58.1 Å². The minimum absolute atomic E-state index is 0.0513. The first kappa shape index (κ1) is 35.4. The highest BCUT2D eigenvalue weighted by molar-refractivity contribution is 5.79. The molecule has 0 spiro atoms. The van der Waals surface area contributed by atoms with Crippen LogP contribution < -0.4 is 25.4 Å². The fraction of sp³-hybridized carbons (Fsp3) is 0.618. The number of carbonyl (C=O) groups excluding carboxylic acids is 1. The van der Waals surface area contributed by atoms with E-state index in [9.17, 15) is 9.90 Å². The van der Waals surface area contributed by atoms with Crippen LogP contribution in [0.25, 0.3) is 0 Å². The number of anilines is 1. The third-order valence-corrected chi connectivity index (χ3v) is 8.04. The Bertz CT molecular complexity index is 1060. The zero-order chi connectivity index (χ0) is 31.2. The van der Waals surface area contributed by atoms with Gasteiger partial charge in [0.05, 0.1) is 19.8 Å². The average molecular weight is 586 g/mol. The monoisotopic (exact) mass is 585 g/mol. The Hall–Kier alpha value is -2.81. The summed E-state index contributed by atoms with van der Waals surface area (Å²) < 4.78 is 16.6. The molecule has 1 amide bonds. The molecule has 0 unspecified atom stereocenters. The Kier molecular flexibility index (Phi) is 15.2. The van der Waals surface area contributed by atoms with Crippen molar-refractivity contribution < 1.29 is 24.1 Å². The number of aliphatic hydroxyl groups excluding tert-OH is 1. The van der Waals surface area contributed by atoms with Crippen molar-refractivity contribution in [2.24, 2.45) is 29.4 Å². The molecule has 0 heterocycles. The highest BCUT2D eigenvalue weighted by Crippen LogP contribution is 2.32. The molecule has 4 atom stereocenters. The third-order valence-electron chi connectivity index (χ3n) is 8.04. The van der Waals surface area contributed by atoms with Gasteiger partial charge in [-0.1, -0.05) is 45.9 Å². The molecule has 0 saturated carbocycles.